The number of carbonyl (C=O) groups excluding carboxylic acids is 4. The number of carbonyl (C=O) groups is 4. The van der Waals surface area contributed by atoms with E-state index in [9.17, 15) is 19.2 Å². The van der Waals surface area contributed by atoms with Crippen molar-refractivity contribution >= 4 is 35.0 Å². The molecule has 7 rings (SSSR count). The standard InChI is InChI=1S/C33H40N6O4/c1-22(40)35-15-12-33(13-16-35)32(43)39(38-18-17-37(21-38)31(42)26-7-8-26)30(34-33)25-5-3-24(4-6-25)27-9-10-29-20-36(23(2)41)14-11-28(29)19-27/h3-6,9-10,19,26,28-29H,7-8,11-18,20-21H2,1-2H3. The van der Waals surface area contributed by atoms with Crippen LogP contribution in [0.5, 0.6) is 0 Å². The van der Waals surface area contributed by atoms with Crippen molar-refractivity contribution in [3.63, 3.8) is 0 Å². The fourth-order valence-electron chi connectivity index (χ4n) is 7.28. The Morgan fingerprint density at radius 2 is 1.51 bits per heavy atom. The topological polar surface area (TPSA) is 96.8 Å². The van der Waals surface area contributed by atoms with Gasteiger partial charge in [-0.1, -0.05) is 42.5 Å². The maximum Gasteiger partial charge on any atom is 0.271 e. The van der Waals surface area contributed by atoms with E-state index < -0.39 is 5.54 Å². The lowest BCUT2D eigenvalue weighted by molar-refractivity contribution is -0.146. The summed E-state index contributed by atoms with van der Waals surface area (Å²) in [4.78, 5) is 61.6. The largest absolute Gasteiger partial charge is 0.343 e. The summed E-state index contributed by atoms with van der Waals surface area (Å²) >= 11 is 0. The van der Waals surface area contributed by atoms with Crippen molar-refractivity contribution < 1.29 is 19.2 Å². The first-order chi connectivity index (χ1) is 20.7. The minimum Gasteiger partial charge on any atom is -0.343 e. The van der Waals surface area contributed by atoms with E-state index in [2.05, 4.69) is 30.4 Å². The lowest BCUT2D eigenvalue weighted by Gasteiger charge is -2.37. The number of hydrogen-bond donors (Lipinski definition) is 0. The Balaban J connectivity index is 1.14. The Labute approximate surface area is 252 Å². The average Bonchev–Trinajstić information content (AvgIpc) is 3.70. The summed E-state index contributed by atoms with van der Waals surface area (Å²) in [5, 5.41) is 3.70. The fraction of sp³-hybridized carbons (Fsp3) is 0.545. The number of hydrazine groups is 1. The number of fused-ring (bicyclic) bond motifs is 1. The molecular weight excluding hydrogens is 544 g/mol. The van der Waals surface area contributed by atoms with E-state index >= 15 is 0 Å². The summed E-state index contributed by atoms with van der Waals surface area (Å²) < 4.78 is 0. The van der Waals surface area contributed by atoms with Crippen LogP contribution < -0.4 is 0 Å². The van der Waals surface area contributed by atoms with E-state index in [0.717, 1.165) is 43.5 Å². The van der Waals surface area contributed by atoms with Crippen LogP contribution in [0.25, 0.3) is 5.57 Å². The Bertz CT molecular complexity index is 1440. The molecular formula is C33H40N6O4. The minimum absolute atomic E-state index is 0.0208. The second-order valence-corrected chi connectivity index (χ2v) is 13.0. The van der Waals surface area contributed by atoms with Crippen molar-refractivity contribution in [2.45, 2.75) is 51.5 Å². The van der Waals surface area contributed by atoms with Crippen molar-refractivity contribution in [3.8, 4) is 0 Å². The number of benzene rings is 1. The molecule has 0 bridgehead atoms. The minimum atomic E-state index is -0.897. The van der Waals surface area contributed by atoms with Gasteiger partial charge in [0.05, 0.1) is 6.67 Å². The zero-order valence-electron chi connectivity index (χ0n) is 25.1. The number of piperidine rings is 2. The highest BCUT2D eigenvalue weighted by Crippen LogP contribution is 2.38. The molecule has 0 aromatic heterocycles. The quantitative estimate of drug-likeness (QED) is 0.542. The van der Waals surface area contributed by atoms with E-state index in [-0.39, 0.29) is 29.5 Å². The lowest BCUT2D eigenvalue weighted by Crippen LogP contribution is -2.55. The van der Waals surface area contributed by atoms with Gasteiger partial charge < -0.3 is 14.7 Å². The van der Waals surface area contributed by atoms with Crippen LogP contribution in [0.15, 0.2) is 47.5 Å². The van der Waals surface area contributed by atoms with Gasteiger partial charge in [0.2, 0.25) is 17.7 Å². The molecule has 6 aliphatic rings. The molecule has 4 aliphatic heterocycles. The van der Waals surface area contributed by atoms with Crippen molar-refractivity contribution in [2.75, 3.05) is 45.9 Å². The molecule has 1 aromatic rings. The first-order valence-electron chi connectivity index (χ1n) is 15.7. The number of allylic oxidation sites excluding steroid dienone is 3. The Morgan fingerprint density at radius 1 is 0.814 bits per heavy atom. The second-order valence-electron chi connectivity index (χ2n) is 13.0. The first-order valence-corrected chi connectivity index (χ1v) is 15.7. The van der Waals surface area contributed by atoms with Crippen molar-refractivity contribution in [1.29, 1.82) is 0 Å². The summed E-state index contributed by atoms with van der Waals surface area (Å²) in [6, 6.07) is 8.27. The van der Waals surface area contributed by atoms with E-state index in [0.29, 0.717) is 63.4 Å². The number of aliphatic imine (C=N–C) groups is 1. The number of amides is 4. The van der Waals surface area contributed by atoms with Crippen molar-refractivity contribution in [1.82, 2.24) is 24.7 Å². The third-order valence-corrected chi connectivity index (χ3v) is 10.2. The molecule has 43 heavy (non-hydrogen) atoms. The molecule has 4 amide bonds. The normalized spacial score (nSPS) is 27.0. The van der Waals surface area contributed by atoms with Gasteiger partial charge >= 0.3 is 0 Å². The zero-order valence-corrected chi connectivity index (χ0v) is 25.1. The number of hydrogen-bond acceptors (Lipinski definition) is 6. The molecule has 2 atom stereocenters. The summed E-state index contributed by atoms with van der Waals surface area (Å²) in [6.07, 6.45) is 10.6. The summed E-state index contributed by atoms with van der Waals surface area (Å²) in [7, 11) is 0. The molecule has 0 N–H and O–H groups in total. The molecule has 2 unspecified atom stereocenters. The zero-order chi connectivity index (χ0) is 29.9. The van der Waals surface area contributed by atoms with Crippen LogP contribution in [0, 0.1) is 17.8 Å². The van der Waals surface area contributed by atoms with Gasteiger partial charge in [-0.25, -0.2) is 10.0 Å². The number of amidine groups is 1. The van der Waals surface area contributed by atoms with Gasteiger partial charge in [0.15, 0.2) is 5.84 Å². The van der Waals surface area contributed by atoms with Gasteiger partial charge in [-0.2, -0.15) is 5.01 Å². The molecule has 4 heterocycles. The predicted molar refractivity (Wildman–Crippen MR) is 161 cm³/mol. The van der Waals surface area contributed by atoms with E-state index in [1.165, 1.54) is 5.57 Å². The fourth-order valence-corrected chi connectivity index (χ4v) is 7.28. The lowest BCUT2D eigenvalue weighted by atomic mass is 9.79. The van der Waals surface area contributed by atoms with Crippen LogP contribution in [0.4, 0.5) is 0 Å². The Morgan fingerprint density at radius 3 is 2.19 bits per heavy atom. The van der Waals surface area contributed by atoms with Crippen molar-refractivity contribution in [3.05, 3.63) is 53.6 Å². The summed E-state index contributed by atoms with van der Waals surface area (Å²) in [6.45, 7) is 7.35. The molecule has 10 heteroatoms. The molecule has 2 aliphatic carbocycles. The van der Waals surface area contributed by atoms with Crippen LogP contribution in [0.3, 0.4) is 0 Å². The van der Waals surface area contributed by atoms with Crippen LogP contribution in [0.2, 0.25) is 0 Å². The van der Waals surface area contributed by atoms with Crippen LogP contribution in [-0.2, 0) is 19.2 Å². The van der Waals surface area contributed by atoms with Crippen LogP contribution in [0.1, 0.15) is 57.1 Å². The molecule has 0 radical (unpaired) electrons. The third kappa shape index (κ3) is 5.09. The highest BCUT2D eigenvalue weighted by Gasteiger charge is 2.53. The maximum atomic E-state index is 14.2. The molecule has 1 aromatic carbocycles. The molecule has 10 nitrogen and oxygen atoms in total. The molecule has 3 saturated heterocycles. The average molecular weight is 585 g/mol. The van der Waals surface area contributed by atoms with Crippen molar-refractivity contribution in [2.24, 2.45) is 22.7 Å². The molecule has 4 fully saturated rings. The molecule has 1 saturated carbocycles. The molecule has 1 spiro atoms. The van der Waals surface area contributed by atoms with Gasteiger partial charge in [0.25, 0.3) is 5.91 Å². The Kier molecular flexibility index (Phi) is 6.99. The van der Waals surface area contributed by atoms with Gasteiger partial charge in [0, 0.05) is 70.5 Å². The SMILES string of the molecule is CC(=O)N1CCC2(CC1)N=C(c1ccc(C3=CC4CCN(C(C)=O)CC4C=C3)cc1)N(N1CCN(C(=O)C3CC3)C1)C2=O. The number of likely N-dealkylation sites (tertiary alicyclic amines) is 2. The van der Waals surface area contributed by atoms with E-state index in [1.807, 2.05) is 26.9 Å². The van der Waals surface area contributed by atoms with Gasteiger partial charge in [0.1, 0.15) is 5.54 Å². The smallest absolute Gasteiger partial charge is 0.271 e. The second kappa shape index (κ2) is 10.7. The third-order valence-electron chi connectivity index (χ3n) is 10.2. The first kappa shape index (κ1) is 28.0. The highest BCUT2D eigenvalue weighted by atomic mass is 16.2. The van der Waals surface area contributed by atoms with Gasteiger partial charge in [-0.3, -0.25) is 19.2 Å². The summed E-state index contributed by atoms with van der Waals surface area (Å²) in [5.41, 5.74) is 2.25. The van der Waals surface area contributed by atoms with Crippen LogP contribution >= 0.6 is 0 Å². The number of nitrogens with zero attached hydrogens (tertiary/aromatic N) is 6. The Hall–Kier alpha value is -3.79. The number of rotatable bonds is 4. The monoisotopic (exact) mass is 584 g/mol. The predicted octanol–water partition coefficient (Wildman–Crippen LogP) is 2.52. The van der Waals surface area contributed by atoms with Gasteiger partial charge in [-0.15, -0.1) is 0 Å². The highest BCUT2D eigenvalue weighted by molar-refractivity contribution is 6.15. The van der Waals surface area contributed by atoms with E-state index in [1.54, 1.807) is 23.8 Å². The van der Waals surface area contributed by atoms with E-state index in [4.69, 9.17) is 4.99 Å². The summed E-state index contributed by atoms with van der Waals surface area (Å²) in [5.74, 6) is 1.82. The maximum absolute atomic E-state index is 14.2. The van der Waals surface area contributed by atoms with Crippen LogP contribution in [-0.4, -0.2) is 106 Å². The molecule has 226 valence electrons. The van der Waals surface area contributed by atoms with Gasteiger partial charge in [-0.05, 0) is 49.2 Å².